The van der Waals surface area contributed by atoms with Crippen LogP contribution in [0.25, 0.3) is 22.3 Å². The molecule has 86 heavy (non-hydrogen) atoms. The first-order chi connectivity index (χ1) is 41.3. The van der Waals surface area contributed by atoms with Crippen LogP contribution in [0.15, 0.2) is 212 Å². The summed E-state index contributed by atoms with van der Waals surface area (Å²) in [5.41, 5.74) is 37.8. The summed E-state index contributed by atoms with van der Waals surface area (Å²) in [5.74, 6) is 0. The predicted octanol–water partition coefficient (Wildman–Crippen LogP) is 22.5. The van der Waals surface area contributed by atoms with Gasteiger partial charge in [0.25, 0.3) is 0 Å². The number of fused-ring (bicyclic) bond motifs is 8. The normalized spacial score (nSPS) is 14.4. The average Bonchev–Trinajstić information content (AvgIpc) is 0.959. The van der Waals surface area contributed by atoms with Crippen LogP contribution in [-0.4, -0.2) is 0 Å². The minimum atomic E-state index is -0.754. The van der Waals surface area contributed by atoms with E-state index in [9.17, 15) is 0 Å². The average molecular weight is 1120 g/mol. The fraction of sp³-hybridized carbons (Fsp3) is 0.205. The molecule has 0 amide bonds. The van der Waals surface area contributed by atoms with Crippen LogP contribution in [0.1, 0.15) is 128 Å². The van der Waals surface area contributed by atoms with Crippen LogP contribution >= 0.6 is 0 Å². The van der Waals surface area contributed by atoms with Crippen molar-refractivity contribution in [2.45, 2.75) is 113 Å². The minimum Gasteiger partial charge on any atom is -0.310 e. The zero-order valence-corrected chi connectivity index (χ0v) is 52.5. The highest BCUT2D eigenvalue weighted by Gasteiger charge is 2.47. The van der Waals surface area contributed by atoms with Crippen LogP contribution in [-0.2, 0) is 16.2 Å². The van der Waals surface area contributed by atoms with Crippen molar-refractivity contribution in [1.82, 2.24) is 0 Å². The fourth-order valence-electron chi connectivity index (χ4n) is 15.4. The van der Waals surface area contributed by atoms with Gasteiger partial charge in [-0.05, 0) is 253 Å². The molecule has 11 aromatic rings. The highest BCUT2D eigenvalue weighted by atomic mass is 15.2. The van der Waals surface area contributed by atoms with Crippen molar-refractivity contribution in [2.75, 3.05) is 14.7 Å². The molecular formula is C83H77N3. The molecular weight excluding hydrogens is 1040 g/mol. The molecule has 14 rings (SSSR count). The van der Waals surface area contributed by atoms with Gasteiger partial charge < -0.3 is 14.7 Å². The van der Waals surface area contributed by atoms with Gasteiger partial charge >= 0.3 is 0 Å². The quantitative estimate of drug-likeness (QED) is 0.143. The Balaban J connectivity index is 0.998. The van der Waals surface area contributed by atoms with E-state index in [0.717, 1.165) is 34.1 Å². The molecule has 1 aliphatic heterocycles. The molecule has 3 aliphatic rings. The minimum absolute atomic E-state index is 0.156. The molecule has 0 saturated heterocycles. The smallest absolute Gasteiger partial charge is 0.0742 e. The second kappa shape index (κ2) is 20.0. The van der Waals surface area contributed by atoms with Crippen molar-refractivity contribution in [1.29, 1.82) is 0 Å². The summed E-state index contributed by atoms with van der Waals surface area (Å²) in [7, 11) is 0. The van der Waals surface area contributed by atoms with Crippen molar-refractivity contribution in [3.8, 4) is 22.3 Å². The van der Waals surface area contributed by atoms with Crippen molar-refractivity contribution in [2.24, 2.45) is 0 Å². The molecule has 424 valence electrons. The Hall–Kier alpha value is -9.18. The van der Waals surface area contributed by atoms with Gasteiger partial charge in [-0.15, -0.1) is 0 Å². The molecule has 0 saturated carbocycles. The number of rotatable bonds is 9. The third-order valence-corrected chi connectivity index (χ3v) is 20.5. The third-order valence-electron chi connectivity index (χ3n) is 20.5. The SMILES string of the molecule is Cc1ccc(N2c3ccccc3C(c3ccc(N(c4ccc5c(c4)C(C)(C)c4ccccc4-5)c4c(C)c(C)cc(C)c4C)cc3)(c3ccc(N(c4ccc5c(c4)C(C)(C)c4ccccc4-5)c4c(C)c(C)cc(C)c4C)cc3)c3cc(C)ccc32)cc1. The molecule has 0 bridgehead atoms. The Labute approximate surface area is 510 Å². The summed E-state index contributed by atoms with van der Waals surface area (Å²) in [4.78, 5) is 7.59. The Kier molecular flexibility index (Phi) is 12.7. The van der Waals surface area contributed by atoms with E-state index >= 15 is 0 Å². The van der Waals surface area contributed by atoms with E-state index in [4.69, 9.17) is 0 Å². The molecule has 0 spiro atoms. The summed E-state index contributed by atoms with van der Waals surface area (Å²) in [6.45, 7) is 32.2. The number of anilines is 9. The van der Waals surface area contributed by atoms with Gasteiger partial charge in [-0.2, -0.15) is 0 Å². The zero-order valence-electron chi connectivity index (χ0n) is 52.5. The first-order valence-corrected chi connectivity index (χ1v) is 30.8. The Morgan fingerprint density at radius 1 is 0.291 bits per heavy atom. The number of benzene rings is 11. The van der Waals surface area contributed by atoms with Crippen molar-refractivity contribution in [3.05, 3.63) is 312 Å². The first-order valence-electron chi connectivity index (χ1n) is 30.8. The molecule has 0 N–H and O–H groups in total. The second-order valence-corrected chi connectivity index (χ2v) is 26.2. The number of aryl methyl sites for hydroxylation is 6. The van der Waals surface area contributed by atoms with Gasteiger partial charge in [-0.25, -0.2) is 0 Å². The van der Waals surface area contributed by atoms with Crippen LogP contribution in [0.2, 0.25) is 0 Å². The highest BCUT2D eigenvalue weighted by molar-refractivity contribution is 5.93. The van der Waals surface area contributed by atoms with E-state index in [1.54, 1.807) is 0 Å². The lowest BCUT2D eigenvalue weighted by molar-refractivity contribution is 0.660. The van der Waals surface area contributed by atoms with Gasteiger partial charge in [0, 0.05) is 39.3 Å². The second-order valence-electron chi connectivity index (χ2n) is 26.2. The molecule has 1 heterocycles. The summed E-state index contributed by atoms with van der Waals surface area (Å²) < 4.78 is 0. The molecule has 3 nitrogen and oxygen atoms in total. The molecule has 11 aromatic carbocycles. The van der Waals surface area contributed by atoms with E-state index in [2.05, 4.69) is 324 Å². The van der Waals surface area contributed by atoms with Gasteiger partial charge in [-0.3, -0.25) is 0 Å². The zero-order chi connectivity index (χ0) is 59.9. The third kappa shape index (κ3) is 8.07. The van der Waals surface area contributed by atoms with Gasteiger partial charge in [0.2, 0.25) is 0 Å². The van der Waals surface area contributed by atoms with Crippen LogP contribution in [0.4, 0.5) is 51.2 Å². The van der Waals surface area contributed by atoms with E-state index in [1.807, 2.05) is 0 Å². The Morgan fingerprint density at radius 3 is 1.12 bits per heavy atom. The molecule has 0 aromatic heterocycles. The molecule has 0 unspecified atom stereocenters. The summed E-state index contributed by atoms with van der Waals surface area (Å²) in [5, 5.41) is 0. The van der Waals surface area contributed by atoms with E-state index < -0.39 is 5.41 Å². The van der Waals surface area contributed by atoms with Gasteiger partial charge in [0.05, 0.1) is 28.2 Å². The van der Waals surface area contributed by atoms with Crippen molar-refractivity contribution in [3.63, 3.8) is 0 Å². The largest absolute Gasteiger partial charge is 0.310 e. The predicted molar refractivity (Wildman–Crippen MR) is 365 cm³/mol. The molecule has 3 heteroatoms. The van der Waals surface area contributed by atoms with Crippen molar-refractivity contribution >= 4 is 51.2 Å². The Bertz CT molecular complexity index is 4300. The standard InChI is InChI=1S/C83H77N3/c1-50-27-34-64(35-28-50)86-77-26-20-19-25-73(77)83(76-45-51(2)29-44-78(76)86,60-30-36-62(37-31-60)84(79-56(7)52(3)46-53(4)57(79)8)65-40-42-69-67-21-15-17-23-71(67)81(11,12)74(69)48-65)61-32-38-63(39-33-61)85(80-58(9)54(5)47-55(6)59(80)10)66-41-43-70-68-22-16-18-24-72(68)82(13,14)75(70)49-66/h15-49H,1-14H3. The molecule has 2 aliphatic carbocycles. The number of para-hydroxylation sites is 1. The summed E-state index contributed by atoms with van der Waals surface area (Å²) in [6.07, 6.45) is 0. The molecule has 0 radical (unpaired) electrons. The van der Waals surface area contributed by atoms with Gasteiger partial charge in [0.1, 0.15) is 0 Å². The van der Waals surface area contributed by atoms with E-state index in [-0.39, 0.29) is 10.8 Å². The fourth-order valence-corrected chi connectivity index (χ4v) is 15.4. The number of hydrogen-bond donors (Lipinski definition) is 0. The van der Waals surface area contributed by atoms with Crippen LogP contribution in [0, 0.1) is 69.2 Å². The first kappa shape index (κ1) is 54.7. The van der Waals surface area contributed by atoms with Gasteiger partial charge in [-0.1, -0.05) is 178 Å². The van der Waals surface area contributed by atoms with Gasteiger partial charge in [0.15, 0.2) is 0 Å². The molecule has 0 atom stereocenters. The highest BCUT2D eigenvalue weighted by Crippen LogP contribution is 2.60. The summed E-state index contributed by atoms with van der Waals surface area (Å²) >= 11 is 0. The lowest BCUT2D eigenvalue weighted by atomic mass is 9.62. The van der Waals surface area contributed by atoms with Crippen LogP contribution in [0.3, 0.4) is 0 Å². The monoisotopic (exact) mass is 1120 g/mol. The number of nitrogens with zero attached hydrogens (tertiary/aromatic N) is 3. The molecule has 0 fully saturated rings. The van der Waals surface area contributed by atoms with E-state index in [0.29, 0.717) is 0 Å². The summed E-state index contributed by atoms with van der Waals surface area (Å²) in [6, 6.07) is 81.8. The topological polar surface area (TPSA) is 9.72 Å². The maximum Gasteiger partial charge on any atom is 0.0742 e. The number of hydrogen-bond acceptors (Lipinski definition) is 3. The lowest BCUT2D eigenvalue weighted by Crippen LogP contribution is -2.38. The maximum atomic E-state index is 2.55. The van der Waals surface area contributed by atoms with Crippen LogP contribution in [0.5, 0.6) is 0 Å². The van der Waals surface area contributed by atoms with E-state index in [1.165, 1.54) is 139 Å². The van der Waals surface area contributed by atoms with Crippen LogP contribution < -0.4 is 14.7 Å². The lowest BCUT2D eigenvalue weighted by Gasteiger charge is -2.47. The van der Waals surface area contributed by atoms with Crippen molar-refractivity contribution < 1.29 is 0 Å². The maximum absolute atomic E-state index is 2.55. The Morgan fingerprint density at radius 2 is 0.663 bits per heavy atom.